The van der Waals surface area contributed by atoms with Crippen molar-refractivity contribution in [2.24, 2.45) is 0 Å². The van der Waals surface area contributed by atoms with Crippen LogP contribution in [0, 0.1) is 77.6 Å². The van der Waals surface area contributed by atoms with E-state index >= 15 is 0 Å². The van der Waals surface area contributed by atoms with Gasteiger partial charge in [-0.1, -0.05) is 246 Å². The number of halogens is 8. The maximum atomic E-state index is 13.6. The van der Waals surface area contributed by atoms with Gasteiger partial charge in [0.2, 0.25) is 0 Å². The summed E-state index contributed by atoms with van der Waals surface area (Å²) in [5, 5.41) is 2.27. The quantitative estimate of drug-likeness (QED) is 0.133. The average molecular weight is 1230 g/mol. The fraction of sp³-hybridized carbons (Fsp3) is 0.455. The van der Waals surface area contributed by atoms with E-state index in [9.17, 15) is 22.0 Å². The first kappa shape index (κ1) is 78.1. The van der Waals surface area contributed by atoms with E-state index in [2.05, 4.69) is 140 Å². The molecular formula is C77H104Cl3F5. The highest BCUT2D eigenvalue weighted by Crippen LogP contribution is 2.32. The molecule has 7 rings (SSSR count). The lowest BCUT2D eigenvalue weighted by Gasteiger charge is -2.20. The molecule has 0 heterocycles. The molecule has 0 saturated carbocycles. The minimum atomic E-state index is -0.371. The molecule has 85 heavy (non-hydrogen) atoms. The monoisotopic (exact) mass is 1230 g/mol. The highest BCUT2D eigenvalue weighted by molar-refractivity contribution is 6.31. The van der Waals surface area contributed by atoms with E-state index in [1.165, 1.54) is 45.5 Å². The second kappa shape index (κ2) is 31.8. The van der Waals surface area contributed by atoms with E-state index < -0.39 is 0 Å². The Hall–Kier alpha value is -4.94. The SMILES string of the molecule is Cc1cc(Cl)cc(C(C)(C)C)c1.Cc1cc(Cl)cc(C(C)(C)C)c1.Cc1cc(Cl)cc(C(C)(C)C)c1F.Cc1cc(F)cc(C(C)(C)C)c1.Cc1cc(F)cc(C(C)(C)C)c1F.Cc1cccc(C(C)(C)C)c1.Cc1cccc(C(C)(C)C)c1F. The first-order valence-electron chi connectivity index (χ1n) is 29.3. The van der Waals surface area contributed by atoms with Crippen LogP contribution in [0.25, 0.3) is 0 Å². The number of rotatable bonds is 0. The zero-order chi connectivity index (χ0) is 66.3. The van der Waals surface area contributed by atoms with Crippen LogP contribution in [0.3, 0.4) is 0 Å². The van der Waals surface area contributed by atoms with Gasteiger partial charge >= 0.3 is 0 Å². The third-order valence-electron chi connectivity index (χ3n) is 13.7. The molecule has 0 atom stereocenters. The Labute approximate surface area is 528 Å². The molecule has 0 spiro atoms. The van der Waals surface area contributed by atoms with Gasteiger partial charge in [-0.2, -0.15) is 0 Å². The summed E-state index contributed by atoms with van der Waals surface area (Å²) in [6.07, 6.45) is 0. The number of hydrogen-bond donors (Lipinski definition) is 0. The minimum absolute atomic E-state index is 0.0346. The maximum Gasteiger partial charge on any atom is 0.130 e. The molecule has 8 heteroatoms. The Morgan fingerprint density at radius 3 is 0.906 bits per heavy atom. The minimum Gasteiger partial charge on any atom is -0.207 e. The van der Waals surface area contributed by atoms with Crippen LogP contribution in [0.1, 0.15) is 223 Å². The average Bonchev–Trinajstić information content (AvgIpc) is 3.54. The Balaban J connectivity index is 0.000000496. The zero-order valence-electron chi connectivity index (χ0n) is 57.1. The van der Waals surface area contributed by atoms with E-state index in [-0.39, 0.29) is 67.0 Å². The van der Waals surface area contributed by atoms with Crippen molar-refractivity contribution in [3.63, 3.8) is 0 Å². The van der Waals surface area contributed by atoms with Gasteiger partial charge in [0.15, 0.2) is 0 Å². The lowest BCUT2D eigenvalue weighted by Crippen LogP contribution is -2.14. The standard InChI is InChI=1S/C11H14ClF.2C11H15Cl.C11H14F2.2C11H15F.C11H16/c1-7-5-8(12)6-9(10(7)13)11(2,3)4;2*1-8-5-9(11(2,3)4)7-10(12)6-8;1-7-5-8(12)6-9(10(7)13)11(2,3)4;1-8-5-9(11(2,3)4)7-10(12)6-8;1-8-6-5-7-9(10(8)12)11(2,3)4;1-9-6-5-7-10(8-9)11(2,3)4/h5-6H,1-4H3;2*5-7H,1-4H3;5-6H,1-4H3;2*5-7H,1-4H3;5-8H,1-4H3. The third-order valence-corrected chi connectivity index (χ3v) is 14.3. The van der Waals surface area contributed by atoms with Crippen molar-refractivity contribution in [1.29, 1.82) is 0 Å². The summed E-state index contributed by atoms with van der Waals surface area (Å²) < 4.78 is 66.6. The van der Waals surface area contributed by atoms with Crippen molar-refractivity contribution < 1.29 is 22.0 Å². The van der Waals surface area contributed by atoms with E-state index in [1.807, 2.05) is 112 Å². The van der Waals surface area contributed by atoms with Gasteiger partial charge in [0, 0.05) is 15.1 Å². The van der Waals surface area contributed by atoms with Crippen molar-refractivity contribution in [2.45, 2.75) is 232 Å². The van der Waals surface area contributed by atoms with Crippen LogP contribution >= 0.6 is 34.8 Å². The summed E-state index contributed by atoms with van der Waals surface area (Å²) in [5.74, 6) is -1.01. The smallest absolute Gasteiger partial charge is 0.130 e. The number of benzene rings is 7. The van der Waals surface area contributed by atoms with Crippen LogP contribution in [-0.4, -0.2) is 0 Å². The van der Waals surface area contributed by atoms with Gasteiger partial charge in [0.1, 0.15) is 29.1 Å². The summed E-state index contributed by atoms with van der Waals surface area (Å²) >= 11 is 17.8. The van der Waals surface area contributed by atoms with E-state index in [4.69, 9.17) is 34.8 Å². The maximum absolute atomic E-state index is 13.6. The molecule has 0 bridgehead atoms. The summed E-state index contributed by atoms with van der Waals surface area (Å²) in [6.45, 7) is 57.0. The van der Waals surface area contributed by atoms with Crippen molar-refractivity contribution in [3.05, 3.63) is 243 Å². The van der Waals surface area contributed by atoms with Crippen LogP contribution in [0.5, 0.6) is 0 Å². The molecule has 0 amide bonds. The molecule has 0 aromatic heterocycles. The van der Waals surface area contributed by atoms with Gasteiger partial charge < -0.3 is 0 Å². The van der Waals surface area contributed by atoms with Crippen LogP contribution < -0.4 is 0 Å². The van der Waals surface area contributed by atoms with Gasteiger partial charge in [-0.05, 0) is 219 Å². The highest BCUT2D eigenvalue weighted by atomic mass is 35.5. The first-order valence-corrected chi connectivity index (χ1v) is 30.5. The normalized spacial score (nSPS) is 11.8. The van der Waals surface area contributed by atoms with Crippen molar-refractivity contribution >= 4 is 34.8 Å². The van der Waals surface area contributed by atoms with Crippen LogP contribution in [-0.2, 0) is 37.9 Å². The molecule has 0 radical (unpaired) electrons. The molecule has 7 aromatic carbocycles. The van der Waals surface area contributed by atoms with Gasteiger partial charge in [0.05, 0.1) is 0 Å². The predicted octanol–water partition coefficient (Wildman–Crippen LogP) is 25.7. The summed E-state index contributed by atoms with van der Waals surface area (Å²) in [4.78, 5) is 0. The number of aryl methyl sites for hydroxylation is 7. The van der Waals surface area contributed by atoms with Crippen molar-refractivity contribution in [3.8, 4) is 0 Å². The molecule has 0 aliphatic heterocycles. The summed E-state index contributed by atoms with van der Waals surface area (Å²) in [5.41, 5.74) is 13.5. The molecule has 0 fully saturated rings. The highest BCUT2D eigenvalue weighted by Gasteiger charge is 2.23. The second-order valence-corrected chi connectivity index (χ2v) is 31.1. The van der Waals surface area contributed by atoms with Gasteiger partial charge in [-0.25, -0.2) is 22.0 Å². The Bertz CT molecular complexity index is 2970. The summed E-state index contributed by atoms with van der Waals surface area (Å²) in [7, 11) is 0. The Kier molecular flexibility index (Phi) is 29.2. The lowest BCUT2D eigenvalue weighted by molar-refractivity contribution is 0.506. The molecule has 0 N–H and O–H groups in total. The molecule has 0 unspecified atom stereocenters. The van der Waals surface area contributed by atoms with E-state index in [0.717, 1.165) is 32.3 Å². The van der Waals surface area contributed by atoms with Crippen molar-refractivity contribution in [1.82, 2.24) is 0 Å². The topological polar surface area (TPSA) is 0 Å². The third kappa shape index (κ3) is 28.2. The molecule has 468 valence electrons. The Morgan fingerprint density at radius 2 is 0.565 bits per heavy atom. The second-order valence-electron chi connectivity index (χ2n) is 29.8. The van der Waals surface area contributed by atoms with Gasteiger partial charge in [-0.15, -0.1) is 0 Å². The molecular weight excluding hydrogens is 1130 g/mol. The van der Waals surface area contributed by atoms with Crippen LogP contribution in [0.2, 0.25) is 15.1 Å². The fourth-order valence-electron chi connectivity index (χ4n) is 8.39. The Morgan fingerprint density at radius 1 is 0.247 bits per heavy atom. The molecule has 0 nitrogen and oxygen atoms in total. The number of hydrogen-bond acceptors (Lipinski definition) is 0. The molecule has 0 saturated heterocycles. The molecule has 0 aliphatic rings. The van der Waals surface area contributed by atoms with E-state index in [0.29, 0.717) is 27.3 Å². The van der Waals surface area contributed by atoms with Crippen molar-refractivity contribution in [2.75, 3.05) is 0 Å². The summed E-state index contributed by atoms with van der Waals surface area (Å²) in [6, 6.07) is 37.7. The lowest BCUT2D eigenvalue weighted by atomic mass is 9.85. The predicted molar refractivity (Wildman–Crippen MR) is 364 cm³/mol. The van der Waals surface area contributed by atoms with Gasteiger partial charge in [-0.3, -0.25) is 0 Å². The zero-order valence-corrected chi connectivity index (χ0v) is 59.3. The van der Waals surface area contributed by atoms with E-state index in [1.54, 1.807) is 51.1 Å². The largest absolute Gasteiger partial charge is 0.207 e. The fourth-order valence-corrected chi connectivity index (χ4v) is 9.24. The molecule has 7 aromatic rings. The van der Waals surface area contributed by atoms with Crippen LogP contribution in [0.15, 0.2) is 121 Å². The van der Waals surface area contributed by atoms with Gasteiger partial charge in [0.25, 0.3) is 0 Å². The molecule has 0 aliphatic carbocycles. The van der Waals surface area contributed by atoms with Crippen LogP contribution in [0.4, 0.5) is 22.0 Å². The first-order chi connectivity index (χ1) is 38.2.